The lowest BCUT2D eigenvalue weighted by molar-refractivity contribution is 0.585. The molecule has 3 heterocycles. The molecule has 0 aliphatic carbocycles. The number of hydrogen-bond donors (Lipinski definition) is 2. The fourth-order valence-electron chi connectivity index (χ4n) is 3.52. The van der Waals surface area contributed by atoms with Gasteiger partial charge >= 0.3 is 0 Å². The van der Waals surface area contributed by atoms with Crippen molar-refractivity contribution < 1.29 is 0 Å². The van der Waals surface area contributed by atoms with Crippen LogP contribution in [0, 0.1) is 11.3 Å². The number of nitrogens with one attached hydrogen (secondary N) is 2. The van der Waals surface area contributed by atoms with Crippen LogP contribution in [0.2, 0.25) is 0 Å². The first-order valence-electron chi connectivity index (χ1n) is 9.48. The van der Waals surface area contributed by atoms with Gasteiger partial charge in [-0.2, -0.15) is 5.26 Å². The molecule has 1 saturated heterocycles. The first-order chi connectivity index (χ1) is 13.7. The number of aromatic amines is 1. The van der Waals surface area contributed by atoms with Crippen LogP contribution in [0.3, 0.4) is 0 Å². The van der Waals surface area contributed by atoms with E-state index in [9.17, 15) is 5.26 Å². The summed E-state index contributed by atoms with van der Waals surface area (Å²) in [6.45, 7) is 3.66. The highest BCUT2D eigenvalue weighted by molar-refractivity contribution is 5.74. The smallest absolute Gasteiger partial charge is 0.124 e. The molecule has 0 amide bonds. The molecular weight excluding hydrogens is 348 g/mol. The molecule has 2 N–H and O–H groups in total. The largest absolute Gasteiger partial charge is 0.378 e. The maximum absolute atomic E-state index is 9.60. The van der Waals surface area contributed by atoms with Gasteiger partial charge in [-0.1, -0.05) is 12.1 Å². The molecule has 142 valence electrons. The van der Waals surface area contributed by atoms with Crippen molar-refractivity contribution in [3.63, 3.8) is 0 Å². The van der Waals surface area contributed by atoms with E-state index in [-0.39, 0.29) is 0 Å². The monoisotopic (exact) mass is 372 g/mol. The molecule has 0 bridgehead atoms. The molecule has 28 heavy (non-hydrogen) atoms. The van der Waals surface area contributed by atoms with Gasteiger partial charge in [0, 0.05) is 69.0 Å². The molecule has 1 fully saturated rings. The van der Waals surface area contributed by atoms with Gasteiger partial charge in [-0.15, -0.1) is 0 Å². The maximum Gasteiger partial charge on any atom is 0.124 e. The van der Waals surface area contributed by atoms with E-state index in [1.807, 2.05) is 38.5 Å². The lowest BCUT2D eigenvalue weighted by Crippen LogP contribution is -2.44. The number of H-pyrrole nitrogens is 1. The standard InChI is InChI=1S/C22H24N6/c1-27(2)19-5-3-4-16(12-19)20-13-17(6-7-25-20)21-14-18(15-23)22(26-21)28-10-8-24-9-11-28/h3-7,12-14,24,26H,8-11H2,1-2H3. The molecule has 2 aromatic heterocycles. The summed E-state index contributed by atoms with van der Waals surface area (Å²) in [6.07, 6.45) is 1.82. The third kappa shape index (κ3) is 3.57. The Balaban J connectivity index is 1.69. The van der Waals surface area contributed by atoms with Gasteiger partial charge in [0.05, 0.1) is 11.3 Å². The predicted octanol–water partition coefficient (Wildman–Crippen LogP) is 3.09. The maximum atomic E-state index is 9.60. The Labute approximate surface area is 165 Å². The Bertz CT molecular complexity index is 1010. The summed E-state index contributed by atoms with van der Waals surface area (Å²) >= 11 is 0. The molecule has 1 aliphatic heterocycles. The van der Waals surface area contributed by atoms with E-state index in [0.717, 1.165) is 60.2 Å². The molecule has 6 nitrogen and oxygen atoms in total. The predicted molar refractivity (Wildman–Crippen MR) is 114 cm³/mol. The highest BCUT2D eigenvalue weighted by Crippen LogP contribution is 2.30. The van der Waals surface area contributed by atoms with E-state index >= 15 is 0 Å². The molecule has 0 spiro atoms. The molecular formula is C22H24N6. The molecule has 0 unspecified atom stereocenters. The topological polar surface area (TPSA) is 71.0 Å². The summed E-state index contributed by atoms with van der Waals surface area (Å²) in [5.74, 6) is 0.909. The number of piperazine rings is 1. The number of benzene rings is 1. The van der Waals surface area contributed by atoms with Crippen molar-refractivity contribution in [1.82, 2.24) is 15.3 Å². The lowest BCUT2D eigenvalue weighted by atomic mass is 10.1. The third-order valence-corrected chi connectivity index (χ3v) is 5.08. The Kier molecular flexibility index (Phi) is 5.00. The van der Waals surface area contributed by atoms with E-state index in [4.69, 9.17) is 0 Å². The van der Waals surface area contributed by atoms with Gasteiger partial charge in [0.2, 0.25) is 0 Å². The highest BCUT2D eigenvalue weighted by Gasteiger charge is 2.18. The molecule has 6 heteroatoms. The fraction of sp³-hybridized carbons (Fsp3) is 0.273. The Morgan fingerprint density at radius 2 is 1.89 bits per heavy atom. The van der Waals surface area contributed by atoms with Gasteiger partial charge in [-0.25, -0.2) is 0 Å². The second-order valence-corrected chi connectivity index (χ2v) is 7.17. The van der Waals surface area contributed by atoms with E-state index < -0.39 is 0 Å². The molecule has 0 saturated carbocycles. The van der Waals surface area contributed by atoms with Crippen LogP contribution in [0.25, 0.3) is 22.5 Å². The number of anilines is 2. The first-order valence-corrected chi connectivity index (χ1v) is 9.48. The van der Waals surface area contributed by atoms with Crippen molar-refractivity contribution >= 4 is 11.5 Å². The first kappa shape index (κ1) is 18.1. The Morgan fingerprint density at radius 3 is 2.64 bits per heavy atom. The number of rotatable bonds is 4. The van der Waals surface area contributed by atoms with Gasteiger partial charge in [0.15, 0.2) is 0 Å². The summed E-state index contributed by atoms with van der Waals surface area (Å²) in [6, 6.07) is 16.7. The van der Waals surface area contributed by atoms with Crippen LogP contribution in [0.15, 0.2) is 48.7 Å². The number of hydrogen-bond acceptors (Lipinski definition) is 5. The second-order valence-electron chi connectivity index (χ2n) is 7.17. The van der Waals surface area contributed by atoms with Crippen LogP contribution >= 0.6 is 0 Å². The number of aromatic nitrogens is 2. The third-order valence-electron chi connectivity index (χ3n) is 5.08. The molecule has 0 atom stereocenters. The minimum absolute atomic E-state index is 0.685. The van der Waals surface area contributed by atoms with Gasteiger partial charge < -0.3 is 20.1 Å². The summed E-state index contributed by atoms with van der Waals surface area (Å²) in [7, 11) is 4.06. The lowest BCUT2D eigenvalue weighted by Gasteiger charge is -2.28. The summed E-state index contributed by atoms with van der Waals surface area (Å²) in [4.78, 5) is 12.3. The quantitative estimate of drug-likeness (QED) is 0.736. The molecule has 1 aromatic carbocycles. The van der Waals surface area contributed by atoms with Crippen LogP contribution in [0.4, 0.5) is 11.5 Å². The zero-order valence-corrected chi connectivity index (χ0v) is 16.2. The van der Waals surface area contributed by atoms with Crippen molar-refractivity contribution in [3.05, 3.63) is 54.2 Å². The molecule has 0 radical (unpaired) electrons. The van der Waals surface area contributed by atoms with Crippen molar-refractivity contribution in [2.24, 2.45) is 0 Å². The SMILES string of the molecule is CN(C)c1cccc(-c2cc(-c3cc(C#N)c(N4CCNCC4)[nH]3)ccn2)c1. The second kappa shape index (κ2) is 7.75. The minimum Gasteiger partial charge on any atom is -0.378 e. The van der Waals surface area contributed by atoms with Gasteiger partial charge in [0.25, 0.3) is 0 Å². The molecule has 4 rings (SSSR count). The normalized spacial score (nSPS) is 14.0. The number of nitrogens with zero attached hydrogens (tertiary/aromatic N) is 4. The molecule has 1 aliphatic rings. The van der Waals surface area contributed by atoms with E-state index in [1.165, 1.54) is 0 Å². The van der Waals surface area contributed by atoms with Gasteiger partial charge in [-0.05, 0) is 30.3 Å². The van der Waals surface area contributed by atoms with Crippen LogP contribution < -0.4 is 15.1 Å². The van der Waals surface area contributed by atoms with Crippen LogP contribution in [0.1, 0.15) is 5.56 Å². The summed E-state index contributed by atoms with van der Waals surface area (Å²) in [5, 5.41) is 12.9. The van der Waals surface area contributed by atoms with Crippen LogP contribution in [0.5, 0.6) is 0 Å². The van der Waals surface area contributed by atoms with E-state index in [2.05, 4.69) is 55.4 Å². The number of pyridine rings is 1. The van der Waals surface area contributed by atoms with Crippen LogP contribution in [-0.2, 0) is 0 Å². The van der Waals surface area contributed by atoms with Crippen molar-refractivity contribution in [2.75, 3.05) is 50.1 Å². The van der Waals surface area contributed by atoms with Crippen molar-refractivity contribution in [2.45, 2.75) is 0 Å². The van der Waals surface area contributed by atoms with Crippen molar-refractivity contribution in [3.8, 4) is 28.6 Å². The zero-order valence-electron chi connectivity index (χ0n) is 16.2. The average Bonchev–Trinajstić information content (AvgIpc) is 3.19. The average molecular weight is 372 g/mol. The fourth-order valence-corrected chi connectivity index (χ4v) is 3.52. The van der Waals surface area contributed by atoms with E-state index in [0.29, 0.717) is 5.56 Å². The summed E-state index contributed by atoms with van der Waals surface area (Å²) < 4.78 is 0. The van der Waals surface area contributed by atoms with Crippen molar-refractivity contribution in [1.29, 1.82) is 5.26 Å². The van der Waals surface area contributed by atoms with E-state index in [1.54, 1.807) is 0 Å². The van der Waals surface area contributed by atoms with Crippen LogP contribution in [-0.4, -0.2) is 50.2 Å². The highest BCUT2D eigenvalue weighted by atomic mass is 15.2. The Morgan fingerprint density at radius 1 is 1.07 bits per heavy atom. The zero-order chi connectivity index (χ0) is 19.5. The molecule has 3 aromatic rings. The minimum atomic E-state index is 0.685. The Hall–Kier alpha value is -3.30. The number of nitriles is 1. The van der Waals surface area contributed by atoms with Gasteiger partial charge in [0.1, 0.15) is 11.9 Å². The van der Waals surface area contributed by atoms with Gasteiger partial charge in [-0.3, -0.25) is 4.98 Å². The summed E-state index contributed by atoms with van der Waals surface area (Å²) in [5.41, 5.74) is 5.78.